The van der Waals surface area contributed by atoms with E-state index in [1.54, 1.807) is 0 Å². The molecule has 3 aliphatic heterocycles. The molecule has 3 saturated heterocycles. The smallest absolute Gasteiger partial charge is 0.261 e. The van der Waals surface area contributed by atoms with Gasteiger partial charge in [0, 0.05) is 31.6 Å². The van der Waals surface area contributed by atoms with E-state index in [-0.39, 0.29) is 11.1 Å². The Balaban J connectivity index is 1.50. The minimum absolute atomic E-state index is 0.00307. The quantitative estimate of drug-likeness (QED) is 0.750. The van der Waals surface area contributed by atoms with E-state index in [0.717, 1.165) is 19.7 Å². The molecular formula is C25H34N2O2Si. The average molecular weight is 423 g/mol. The zero-order valence-electron chi connectivity index (χ0n) is 18.4. The first-order valence-electron chi connectivity index (χ1n) is 11.3. The van der Waals surface area contributed by atoms with Crippen LogP contribution >= 0.6 is 0 Å². The Labute approximate surface area is 181 Å². The van der Waals surface area contributed by atoms with E-state index in [2.05, 4.69) is 91.7 Å². The molecule has 2 aromatic rings. The summed E-state index contributed by atoms with van der Waals surface area (Å²) in [6.07, 6.45) is 0.113. The van der Waals surface area contributed by atoms with Gasteiger partial charge in [0.25, 0.3) is 8.32 Å². The number of hydrogen-bond acceptors (Lipinski definition) is 4. The Morgan fingerprint density at radius 3 is 1.97 bits per heavy atom. The molecule has 1 N–H and O–H groups in total. The van der Waals surface area contributed by atoms with Crippen molar-refractivity contribution >= 4 is 18.7 Å². The standard InChI is InChI=1S/C25H34N2O2Si/c1-24(2,3)30(20-10-6-4-7-11-20,21-12-8-5-9-13-21)29-23-15-28-14-22(23)27-18-25(19-27)16-26-17-25/h4-13,22-23,26H,14-19H2,1-3H3. The summed E-state index contributed by atoms with van der Waals surface area (Å²) in [5.41, 5.74) is 0.518. The molecule has 3 aliphatic rings. The number of rotatable bonds is 5. The maximum Gasteiger partial charge on any atom is 0.261 e. The van der Waals surface area contributed by atoms with Gasteiger partial charge in [0.2, 0.25) is 0 Å². The van der Waals surface area contributed by atoms with Gasteiger partial charge in [-0.2, -0.15) is 0 Å². The van der Waals surface area contributed by atoms with Gasteiger partial charge in [-0.1, -0.05) is 81.4 Å². The third-order valence-electron chi connectivity index (χ3n) is 7.29. The van der Waals surface area contributed by atoms with Crippen LogP contribution in [0.4, 0.5) is 0 Å². The first kappa shape index (κ1) is 20.4. The fourth-order valence-corrected chi connectivity index (χ4v) is 10.3. The average Bonchev–Trinajstić information content (AvgIpc) is 3.12. The second-order valence-corrected chi connectivity index (χ2v) is 14.7. The van der Waals surface area contributed by atoms with Crippen molar-refractivity contribution in [2.75, 3.05) is 39.4 Å². The van der Waals surface area contributed by atoms with Crippen molar-refractivity contribution in [2.45, 2.75) is 38.0 Å². The van der Waals surface area contributed by atoms with Gasteiger partial charge in [0.05, 0.1) is 25.4 Å². The molecule has 3 fully saturated rings. The lowest BCUT2D eigenvalue weighted by Gasteiger charge is -2.58. The van der Waals surface area contributed by atoms with Crippen LogP contribution in [0.25, 0.3) is 0 Å². The predicted octanol–water partition coefficient (Wildman–Crippen LogP) is 2.24. The van der Waals surface area contributed by atoms with Crippen LogP contribution in [-0.2, 0) is 9.16 Å². The summed E-state index contributed by atoms with van der Waals surface area (Å²) in [7, 11) is -2.54. The van der Waals surface area contributed by atoms with Gasteiger partial charge in [-0.15, -0.1) is 0 Å². The van der Waals surface area contributed by atoms with Crippen LogP contribution in [0.1, 0.15) is 20.8 Å². The van der Waals surface area contributed by atoms with Gasteiger partial charge >= 0.3 is 0 Å². The molecule has 0 aliphatic carbocycles. The van der Waals surface area contributed by atoms with E-state index in [1.807, 2.05) is 0 Å². The van der Waals surface area contributed by atoms with E-state index < -0.39 is 8.32 Å². The van der Waals surface area contributed by atoms with Crippen LogP contribution in [0.15, 0.2) is 60.7 Å². The molecule has 5 heteroatoms. The fourth-order valence-electron chi connectivity index (χ4n) is 5.65. The molecule has 0 saturated carbocycles. The SMILES string of the molecule is CC(C)(C)[Si](OC1COCC1N1CC2(CNC2)C1)(c1ccccc1)c1ccccc1. The van der Waals surface area contributed by atoms with Crippen LogP contribution < -0.4 is 15.7 Å². The van der Waals surface area contributed by atoms with Crippen LogP contribution in [0.5, 0.6) is 0 Å². The maximum absolute atomic E-state index is 7.38. The van der Waals surface area contributed by atoms with Gasteiger partial charge in [0.1, 0.15) is 0 Å². The molecule has 5 rings (SSSR count). The Morgan fingerprint density at radius 1 is 0.933 bits per heavy atom. The molecule has 4 nitrogen and oxygen atoms in total. The van der Waals surface area contributed by atoms with Crippen LogP contribution in [-0.4, -0.2) is 64.8 Å². The largest absolute Gasteiger partial charge is 0.400 e. The molecule has 2 unspecified atom stereocenters. The summed E-state index contributed by atoms with van der Waals surface area (Å²) in [6, 6.07) is 22.3. The van der Waals surface area contributed by atoms with Crippen molar-refractivity contribution in [1.82, 2.24) is 10.2 Å². The lowest BCUT2D eigenvalue weighted by atomic mass is 9.73. The molecule has 2 aromatic carbocycles. The molecule has 160 valence electrons. The van der Waals surface area contributed by atoms with Crippen molar-refractivity contribution in [1.29, 1.82) is 0 Å². The van der Waals surface area contributed by atoms with Crippen LogP contribution in [0.2, 0.25) is 5.04 Å². The molecule has 3 heterocycles. The Kier molecular flexibility index (Phi) is 5.15. The molecule has 0 amide bonds. The van der Waals surface area contributed by atoms with Crippen molar-refractivity contribution in [3.8, 4) is 0 Å². The van der Waals surface area contributed by atoms with E-state index in [9.17, 15) is 0 Å². The van der Waals surface area contributed by atoms with Crippen molar-refractivity contribution < 1.29 is 9.16 Å². The number of benzene rings is 2. The van der Waals surface area contributed by atoms with Crippen LogP contribution in [0, 0.1) is 5.41 Å². The Hall–Kier alpha value is -1.50. The molecular weight excluding hydrogens is 388 g/mol. The lowest BCUT2D eigenvalue weighted by Crippen LogP contribution is -2.74. The topological polar surface area (TPSA) is 33.7 Å². The first-order chi connectivity index (χ1) is 14.4. The van der Waals surface area contributed by atoms with E-state index in [1.165, 1.54) is 23.5 Å². The third-order valence-corrected chi connectivity index (χ3v) is 12.4. The van der Waals surface area contributed by atoms with E-state index in [0.29, 0.717) is 18.1 Å². The second kappa shape index (κ2) is 7.57. The Bertz CT molecular complexity index is 816. The number of nitrogens with zero attached hydrogens (tertiary/aromatic N) is 1. The molecule has 0 bridgehead atoms. The zero-order chi connectivity index (χ0) is 20.8. The Morgan fingerprint density at radius 2 is 1.50 bits per heavy atom. The highest BCUT2D eigenvalue weighted by Gasteiger charge is 2.56. The first-order valence-corrected chi connectivity index (χ1v) is 13.2. The van der Waals surface area contributed by atoms with Gasteiger partial charge < -0.3 is 14.5 Å². The number of likely N-dealkylation sites (tertiary alicyclic amines) is 1. The monoisotopic (exact) mass is 422 g/mol. The van der Waals surface area contributed by atoms with E-state index >= 15 is 0 Å². The molecule has 0 radical (unpaired) electrons. The predicted molar refractivity (Wildman–Crippen MR) is 124 cm³/mol. The summed E-state index contributed by atoms with van der Waals surface area (Å²) < 4.78 is 13.4. The minimum Gasteiger partial charge on any atom is -0.400 e. The lowest BCUT2D eigenvalue weighted by molar-refractivity contribution is -0.0806. The zero-order valence-corrected chi connectivity index (χ0v) is 19.4. The van der Waals surface area contributed by atoms with Gasteiger partial charge in [-0.05, 0) is 15.4 Å². The number of nitrogens with one attached hydrogen (secondary N) is 1. The normalized spacial score (nSPS) is 26.4. The fraction of sp³-hybridized carbons (Fsp3) is 0.520. The highest BCUT2D eigenvalue weighted by Crippen LogP contribution is 2.41. The number of ether oxygens (including phenoxy) is 1. The highest BCUT2D eigenvalue weighted by atomic mass is 28.4. The van der Waals surface area contributed by atoms with Crippen LogP contribution in [0.3, 0.4) is 0 Å². The van der Waals surface area contributed by atoms with Crippen molar-refractivity contribution in [3.63, 3.8) is 0 Å². The van der Waals surface area contributed by atoms with Gasteiger partial charge in [-0.3, -0.25) is 4.90 Å². The summed E-state index contributed by atoms with van der Waals surface area (Å²) in [5.74, 6) is 0. The van der Waals surface area contributed by atoms with Gasteiger partial charge in [0.15, 0.2) is 0 Å². The minimum atomic E-state index is -2.54. The highest BCUT2D eigenvalue weighted by molar-refractivity contribution is 6.99. The maximum atomic E-state index is 7.38. The molecule has 0 aromatic heterocycles. The van der Waals surface area contributed by atoms with Gasteiger partial charge in [-0.25, -0.2) is 0 Å². The molecule has 30 heavy (non-hydrogen) atoms. The van der Waals surface area contributed by atoms with Crippen molar-refractivity contribution in [2.24, 2.45) is 5.41 Å². The summed E-state index contributed by atoms with van der Waals surface area (Å²) in [6.45, 7) is 13.2. The second-order valence-electron chi connectivity index (χ2n) is 10.4. The number of hydrogen-bond donors (Lipinski definition) is 1. The molecule has 1 spiro atoms. The summed E-state index contributed by atoms with van der Waals surface area (Å²) >= 11 is 0. The third kappa shape index (κ3) is 3.28. The van der Waals surface area contributed by atoms with E-state index in [4.69, 9.17) is 9.16 Å². The summed E-state index contributed by atoms with van der Waals surface area (Å²) in [5, 5.41) is 6.13. The molecule has 2 atom stereocenters. The van der Waals surface area contributed by atoms with Crippen molar-refractivity contribution in [3.05, 3.63) is 60.7 Å². The summed E-state index contributed by atoms with van der Waals surface area (Å²) in [4.78, 5) is 2.61.